The molecule has 0 aromatic carbocycles. The average molecular weight is 182 g/mol. The number of nitrogens with one attached hydrogen (secondary N) is 1. The predicted molar refractivity (Wildman–Crippen MR) is 46.3 cm³/mol. The van der Waals surface area contributed by atoms with Crippen molar-refractivity contribution in [1.82, 2.24) is 5.32 Å². The molecule has 1 N–H and O–H groups in total. The van der Waals surface area contributed by atoms with E-state index < -0.39 is 0 Å². The third-order valence-corrected chi connectivity index (χ3v) is 1.94. The molecule has 0 radical (unpaired) electrons. The van der Waals surface area contributed by atoms with Crippen LogP contribution >= 0.6 is 12.4 Å². The quantitative estimate of drug-likeness (QED) is 0.671. The van der Waals surface area contributed by atoms with Crippen molar-refractivity contribution in [1.29, 1.82) is 0 Å². The first kappa shape index (κ1) is 11.2. The minimum Gasteiger partial charge on any atom is -0.380 e. The van der Waals surface area contributed by atoms with Gasteiger partial charge >= 0.3 is 0 Å². The summed E-state index contributed by atoms with van der Waals surface area (Å²) in [7, 11) is 3.48. The first-order chi connectivity index (χ1) is 4.86. The second-order valence-corrected chi connectivity index (χ2v) is 2.61. The third kappa shape index (κ3) is 3.38. The standard InChI is InChI=1S/C7H15NO2.ClH/c1-9-6-3-7(10-2)5-8-4-6;/h6-8H,3-5H2,1-2H3;1H/t6-,7+;. The summed E-state index contributed by atoms with van der Waals surface area (Å²) < 4.78 is 10.4. The SMILES string of the molecule is CO[C@@H]1CNC[C@H](OC)C1.Cl. The zero-order valence-corrected chi connectivity index (χ0v) is 7.82. The Balaban J connectivity index is 0.000001000. The Hall–Kier alpha value is 0.170. The fraction of sp³-hybridized carbons (Fsp3) is 1.00. The van der Waals surface area contributed by atoms with E-state index in [1.54, 1.807) is 14.2 Å². The number of ether oxygens (including phenoxy) is 2. The molecule has 3 nitrogen and oxygen atoms in total. The van der Waals surface area contributed by atoms with Crippen LogP contribution in [-0.4, -0.2) is 39.5 Å². The molecule has 0 aliphatic carbocycles. The van der Waals surface area contributed by atoms with Crippen molar-refractivity contribution in [2.24, 2.45) is 0 Å². The maximum atomic E-state index is 5.18. The smallest absolute Gasteiger partial charge is 0.0720 e. The first-order valence-electron chi connectivity index (χ1n) is 3.63. The predicted octanol–water partition coefficient (Wildman–Crippen LogP) is 0.432. The molecule has 2 atom stereocenters. The molecule has 1 aliphatic rings. The molecule has 1 saturated heterocycles. The van der Waals surface area contributed by atoms with Crippen LogP contribution in [0.2, 0.25) is 0 Å². The Labute approximate surface area is 73.9 Å². The molecule has 1 heterocycles. The van der Waals surface area contributed by atoms with E-state index in [0.717, 1.165) is 19.5 Å². The van der Waals surface area contributed by atoms with Gasteiger partial charge < -0.3 is 14.8 Å². The summed E-state index contributed by atoms with van der Waals surface area (Å²) in [6.45, 7) is 1.91. The molecule has 1 aliphatic heterocycles. The second-order valence-electron chi connectivity index (χ2n) is 2.61. The van der Waals surface area contributed by atoms with E-state index in [9.17, 15) is 0 Å². The molecule has 68 valence electrons. The molecule has 0 unspecified atom stereocenters. The topological polar surface area (TPSA) is 30.5 Å². The van der Waals surface area contributed by atoms with Crippen LogP contribution < -0.4 is 5.32 Å². The van der Waals surface area contributed by atoms with Crippen LogP contribution in [0.5, 0.6) is 0 Å². The Kier molecular flexibility index (Phi) is 5.86. The molecule has 0 spiro atoms. The number of halogens is 1. The minimum atomic E-state index is 0. The van der Waals surface area contributed by atoms with Gasteiger partial charge in [-0.1, -0.05) is 0 Å². The highest BCUT2D eigenvalue weighted by atomic mass is 35.5. The molecular weight excluding hydrogens is 166 g/mol. The summed E-state index contributed by atoms with van der Waals surface area (Å²) in [5, 5.41) is 3.24. The van der Waals surface area contributed by atoms with E-state index in [4.69, 9.17) is 9.47 Å². The number of methoxy groups -OCH3 is 2. The van der Waals surface area contributed by atoms with Crippen LogP contribution in [0, 0.1) is 0 Å². The summed E-state index contributed by atoms with van der Waals surface area (Å²) in [6, 6.07) is 0. The number of hydrogen-bond donors (Lipinski definition) is 1. The van der Waals surface area contributed by atoms with Crippen molar-refractivity contribution >= 4 is 12.4 Å². The first-order valence-corrected chi connectivity index (χ1v) is 3.63. The van der Waals surface area contributed by atoms with Crippen LogP contribution in [0.25, 0.3) is 0 Å². The van der Waals surface area contributed by atoms with Gasteiger partial charge in [0.05, 0.1) is 12.2 Å². The van der Waals surface area contributed by atoms with E-state index in [2.05, 4.69) is 5.32 Å². The average Bonchev–Trinajstić information content (AvgIpc) is 2.05. The Bertz CT molecular complexity index is 92.4. The molecule has 1 rings (SSSR count). The summed E-state index contributed by atoms with van der Waals surface area (Å²) in [5.41, 5.74) is 0. The normalized spacial score (nSPS) is 31.1. The van der Waals surface area contributed by atoms with Crippen LogP contribution in [-0.2, 0) is 9.47 Å². The monoisotopic (exact) mass is 181 g/mol. The molecule has 0 bridgehead atoms. The van der Waals surface area contributed by atoms with E-state index in [0.29, 0.717) is 12.2 Å². The van der Waals surface area contributed by atoms with Crippen LogP contribution in [0.1, 0.15) is 6.42 Å². The van der Waals surface area contributed by atoms with Gasteiger partial charge in [-0.05, 0) is 0 Å². The van der Waals surface area contributed by atoms with Gasteiger partial charge in [0.25, 0.3) is 0 Å². The molecule has 0 amide bonds. The summed E-state index contributed by atoms with van der Waals surface area (Å²) in [5.74, 6) is 0. The van der Waals surface area contributed by atoms with Crippen LogP contribution in [0.3, 0.4) is 0 Å². The highest BCUT2D eigenvalue weighted by Gasteiger charge is 2.20. The Morgan fingerprint density at radius 3 is 1.91 bits per heavy atom. The lowest BCUT2D eigenvalue weighted by Gasteiger charge is -2.27. The lowest BCUT2D eigenvalue weighted by molar-refractivity contribution is 0.00126. The van der Waals surface area contributed by atoms with E-state index in [1.807, 2.05) is 0 Å². The number of hydrogen-bond acceptors (Lipinski definition) is 3. The number of rotatable bonds is 2. The van der Waals surface area contributed by atoms with E-state index >= 15 is 0 Å². The molecule has 0 aromatic rings. The highest BCUT2D eigenvalue weighted by molar-refractivity contribution is 5.85. The van der Waals surface area contributed by atoms with Gasteiger partial charge in [0, 0.05) is 33.7 Å². The van der Waals surface area contributed by atoms with E-state index in [-0.39, 0.29) is 12.4 Å². The van der Waals surface area contributed by atoms with Gasteiger partial charge in [0.2, 0.25) is 0 Å². The third-order valence-electron chi connectivity index (χ3n) is 1.94. The van der Waals surface area contributed by atoms with E-state index in [1.165, 1.54) is 0 Å². The second kappa shape index (κ2) is 5.77. The zero-order chi connectivity index (χ0) is 7.40. The number of piperidine rings is 1. The fourth-order valence-electron chi connectivity index (χ4n) is 1.22. The molecule has 0 aromatic heterocycles. The molecule has 4 heteroatoms. The molecule has 11 heavy (non-hydrogen) atoms. The van der Waals surface area contributed by atoms with Crippen molar-refractivity contribution in [3.63, 3.8) is 0 Å². The lowest BCUT2D eigenvalue weighted by Crippen LogP contribution is -2.43. The largest absolute Gasteiger partial charge is 0.380 e. The fourth-order valence-corrected chi connectivity index (χ4v) is 1.22. The van der Waals surface area contributed by atoms with Crippen LogP contribution in [0.15, 0.2) is 0 Å². The lowest BCUT2D eigenvalue weighted by atomic mass is 10.1. The van der Waals surface area contributed by atoms with Crippen molar-refractivity contribution < 1.29 is 9.47 Å². The van der Waals surface area contributed by atoms with Gasteiger partial charge in [0.15, 0.2) is 0 Å². The summed E-state index contributed by atoms with van der Waals surface area (Å²) in [4.78, 5) is 0. The summed E-state index contributed by atoms with van der Waals surface area (Å²) >= 11 is 0. The Morgan fingerprint density at radius 1 is 1.09 bits per heavy atom. The van der Waals surface area contributed by atoms with Crippen molar-refractivity contribution in [2.45, 2.75) is 18.6 Å². The van der Waals surface area contributed by atoms with Gasteiger partial charge in [-0.15, -0.1) is 12.4 Å². The molecular formula is C7H16ClNO2. The highest BCUT2D eigenvalue weighted by Crippen LogP contribution is 2.07. The van der Waals surface area contributed by atoms with Crippen molar-refractivity contribution in [3.05, 3.63) is 0 Å². The Morgan fingerprint density at radius 2 is 1.55 bits per heavy atom. The van der Waals surface area contributed by atoms with Crippen LogP contribution in [0.4, 0.5) is 0 Å². The maximum absolute atomic E-state index is 5.18. The van der Waals surface area contributed by atoms with Gasteiger partial charge in [-0.25, -0.2) is 0 Å². The molecule has 1 fully saturated rings. The zero-order valence-electron chi connectivity index (χ0n) is 7.00. The van der Waals surface area contributed by atoms with Gasteiger partial charge in [-0.2, -0.15) is 0 Å². The summed E-state index contributed by atoms with van der Waals surface area (Å²) in [6.07, 6.45) is 1.68. The van der Waals surface area contributed by atoms with Gasteiger partial charge in [0.1, 0.15) is 0 Å². The minimum absolute atomic E-state index is 0. The maximum Gasteiger partial charge on any atom is 0.0720 e. The van der Waals surface area contributed by atoms with Crippen molar-refractivity contribution in [2.75, 3.05) is 27.3 Å². The molecule has 0 saturated carbocycles. The van der Waals surface area contributed by atoms with Gasteiger partial charge in [-0.3, -0.25) is 0 Å². The van der Waals surface area contributed by atoms with Crippen molar-refractivity contribution in [3.8, 4) is 0 Å².